The standard InChI is InChI=1S/C12H8O7/c1-3(13)6-5(14)2-4-7(9(6)16)10(17)12(19)11(18)8(4)15/h2,14,16,18-19H,1H3. The van der Waals surface area contributed by atoms with Crippen LogP contribution in [-0.4, -0.2) is 37.8 Å². The van der Waals surface area contributed by atoms with Crippen molar-refractivity contribution in [2.45, 2.75) is 6.92 Å². The molecule has 98 valence electrons. The molecule has 1 aromatic rings. The summed E-state index contributed by atoms with van der Waals surface area (Å²) in [5.74, 6) is -7.05. The van der Waals surface area contributed by atoms with Gasteiger partial charge in [0.25, 0.3) is 0 Å². The van der Waals surface area contributed by atoms with Gasteiger partial charge < -0.3 is 20.4 Å². The largest absolute Gasteiger partial charge is 0.507 e. The Morgan fingerprint density at radius 2 is 1.53 bits per heavy atom. The molecule has 0 unspecified atom stereocenters. The zero-order valence-corrected chi connectivity index (χ0v) is 9.59. The van der Waals surface area contributed by atoms with Crippen LogP contribution in [0.25, 0.3) is 0 Å². The summed E-state index contributed by atoms with van der Waals surface area (Å²) in [6.45, 7) is 1.05. The van der Waals surface area contributed by atoms with Crippen LogP contribution in [0.1, 0.15) is 38.0 Å². The van der Waals surface area contributed by atoms with Gasteiger partial charge in [-0.1, -0.05) is 0 Å². The molecule has 1 aliphatic rings. The molecule has 0 spiro atoms. The Morgan fingerprint density at radius 1 is 1.00 bits per heavy atom. The highest BCUT2D eigenvalue weighted by Gasteiger charge is 2.37. The molecule has 0 bridgehead atoms. The number of carbonyl (C=O) groups excluding carboxylic acids is 3. The maximum Gasteiger partial charge on any atom is 0.235 e. The van der Waals surface area contributed by atoms with Crippen LogP contribution in [0.15, 0.2) is 17.6 Å². The van der Waals surface area contributed by atoms with Crippen molar-refractivity contribution in [3.05, 3.63) is 34.3 Å². The molecule has 1 aromatic carbocycles. The fraction of sp³-hybridized carbons (Fsp3) is 0.0833. The van der Waals surface area contributed by atoms with Crippen LogP contribution in [0, 0.1) is 0 Å². The maximum atomic E-state index is 11.7. The predicted octanol–water partition coefficient (Wildman–Crippen LogP) is 1.01. The first-order valence-electron chi connectivity index (χ1n) is 5.08. The van der Waals surface area contributed by atoms with Gasteiger partial charge in [-0.05, 0) is 13.0 Å². The molecule has 0 fully saturated rings. The van der Waals surface area contributed by atoms with E-state index in [0.717, 1.165) is 13.0 Å². The van der Waals surface area contributed by atoms with Gasteiger partial charge >= 0.3 is 0 Å². The van der Waals surface area contributed by atoms with E-state index in [1.54, 1.807) is 0 Å². The summed E-state index contributed by atoms with van der Waals surface area (Å²) in [5, 5.41) is 37.9. The zero-order chi connectivity index (χ0) is 14.5. The number of allylic oxidation sites excluding steroid dienone is 2. The third-order valence-corrected chi connectivity index (χ3v) is 2.76. The Bertz CT molecular complexity index is 682. The van der Waals surface area contributed by atoms with E-state index < -0.39 is 57.1 Å². The van der Waals surface area contributed by atoms with Crippen molar-refractivity contribution in [2.75, 3.05) is 0 Å². The normalized spacial score (nSPS) is 14.6. The van der Waals surface area contributed by atoms with E-state index in [0.29, 0.717) is 0 Å². The number of aliphatic hydroxyl groups excluding tert-OH is 2. The number of fused-ring (bicyclic) bond motifs is 1. The molecule has 7 heteroatoms. The lowest BCUT2D eigenvalue weighted by Gasteiger charge is -2.17. The van der Waals surface area contributed by atoms with Crippen LogP contribution in [0.3, 0.4) is 0 Å². The highest BCUT2D eigenvalue weighted by Crippen LogP contribution is 2.38. The van der Waals surface area contributed by atoms with Gasteiger partial charge in [0.2, 0.25) is 23.1 Å². The molecular formula is C12H8O7. The molecule has 0 saturated carbocycles. The first kappa shape index (κ1) is 12.6. The topological polar surface area (TPSA) is 132 Å². The van der Waals surface area contributed by atoms with Crippen molar-refractivity contribution >= 4 is 17.3 Å². The number of Topliss-reactive ketones (excluding diaryl/α,β-unsaturated/α-hetero) is 3. The second kappa shape index (κ2) is 3.84. The van der Waals surface area contributed by atoms with Gasteiger partial charge in [-0.15, -0.1) is 0 Å². The van der Waals surface area contributed by atoms with Gasteiger partial charge in [-0.2, -0.15) is 0 Å². The maximum absolute atomic E-state index is 11.7. The van der Waals surface area contributed by atoms with Crippen LogP contribution in [-0.2, 0) is 0 Å². The van der Waals surface area contributed by atoms with E-state index in [2.05, 4.69) is 0 Å². The van der Waals surface area contributed by atoms with E-state index in [4.69, 9.17) is 0 Å². The Hall–Kier alpha value is -2.83. The van der Waals surface area contributed by atoms with Crippen molar-refractivity contribution in [2.24, 2.45) is 0 Å². The van der Waals surface area contributed by atoms with E-state index in [9.17, 15) is 34.8 Å². The minimum absolute atomic E-state index is 0.486. The monoisotopic (exact) mass is 264 g/mol. The van der Waals surface area contributed by atoms with Crippen molar-refractivity contribution < 1.29 is 34.8 Å². The summed E-state index contributed by atoms with van der Waals surface area (Å²) in [4.78, 5) is 34.6. The number of phenolic OH excluding ortho intramolecular Hbond substituents is 2. The molecule has 0 aliphatic heterocycles. The van der Waals surface area contributed by atoms with Crippen molar-refractivity contribution in [3.63, 3.8) is 0 Å². The fourth-order valence-electron chi connectivity index (χ4n) is 1.87. The zero-order valence-electron chi connectivity index (χ0n) is 9.59. The Morgan fingerprint density at radius 3 is 2.05 bits per heavy atom. The lowest BCUT2D eigenvalue weighted by molar-refractivity contribution is 0.0877. The average molecular weight is 264 g/mol. The van der Waals surface area contributed by atoms with Crippen molar-refractivity contribution in [1.82, 2.24) is 0 Å². The fourth-order valence-corrected chi connectivity index (χ4v) is 1.87. The van der Waals surface area contributed by atoms with E-state index in [1.807, 2.05) is 0 Å². The van der Waals surface area contributed by atoms with Crippen molar-refractivity contribution in [1.29, 1.82) is 0 Å². The molecule has 7 nitrogen and oxygen atoms in total. The smallest absolute Gasteiger partial charge is 0.235 e. The van der Waals surface area contributed by atoms with Gasteiger partial charge in [-0.25, -0.2) is 0 Å². The second-order valence-corrected chi connectivity index (χ2v) is 3.95. The molecule has 0 atom stereocenters. The van der Waals surface area contributed by atoms with Gasteiger partial charge in [0.1, 0.15) is 17.1 Å². The number of phenols is 2. The molecule has 0 amide bonds. The summed E-state index contributed by atoms with van der Waals surface area (Å²) in [6, 6.07) is 0.786. The minimum Gasteiger partial charge on any atom is -0.507 e. The summed E-state index contributed by atoms with van der Waals surface area (Å²) >= 11 is 0. The number of carbonyl (C=O) groups is 3. The molecule has 4 N–H and O–H groups in total. The van der Waals surface area contributed by atoms with E-state index in [-0.39, 0.29) is 0 Å². The van der Waals surface area contributed by atoms with Gasteiger partial charge in [0, 0.05) is 5.56 Å². The number of hydrogen-bond acceptors (Lipinski definition) is 7. The number of aromatic hydroxyl groups is 2. The highest BCUT2D eigenvalue weighted by atomic mass is 16.3. The van der Waals surface area contributed by atoms with Gasteiger partial charge in [0.15, 0.2) is 5.78 Å². The Balaban J connectivity index is 2.88. The molecule has 0 heterocycles. The van der Waals surface area contributed by atoms with Crippen LogP contribution in [0.5, 0.6) is 11.5 Å². The molecule has 19 heavy (non-hydrogen) atoms. The summed E-state index contributed by atoms with van der Waals surface area (Å²) in [6.07, 6.45) is 0. The second-order valence-electron chi connectivity index (χ2n) is 3.95. The van der Waals surface area contributed by atoms with Gasteiger partial charge in [0.05, 0.1) is 5.56 Å². The molecular weight excluding hydrogens is 256 g/mol. The van der Waals surface area contributed by atoms with Crippen molar-refractivity contribution in [3.8, 4) is 11.5 Å². The van der Waals surface area contributed by atoms with E-state index >= 15 is 0 Å². The third kappa shape index (κ3) is 1.55. The van der Waals surface area contributed by atoms with Crippen LogP contribution >= 0.6 is 0 Å². The SMILES string of the molecule is CC(=O)c1c(O)cc2c(c1O)C(=O)C(O)=C(O)C2=O. The Labute approximate surface area is 106 Å². The predicted molar refractivity (Wildman–Crippen MR) is 60.7 cm³/mol. The molecule has 1 aliphatic carbocycles. The lowest BCUT2D eigenvalue weighted by Crippen LogP contribution is -2.22. The van der Waals surface area contributed by atoms with E-state index in [1.165, 1.54) is 0 Å². The molecule has 2 rings (SSSR count). The molecule has 0 radical (unpaired) electrons. The number of ketones is 3. The third-order valence-electron chi connectivity index (χ3n) is 2.76. The highest BCUT2D eigenvalue weighted by molar-refractivity contribution is 6.27. The number of benzene rings is 1. The lowest BCUT2D eigenvalue weighted by atomic mass is 9.88. The Kier molecular flexibility index (Phi) is 2.55. The summed E-state index contributed by atoms with van der Waals surface area (Å²) in [7, 11) is 0. The first-order valence-corrected chi connectivity index (χ1v) is 5.08. The minimum atomic E-state index is -1.21. The van der Waals surface area contributed by atoms with Gasteiger partial charge in [-0.3, -0.25) is 14.4 Å². The summed E-state index contributed by atoms with van der Waals surface area (Å²) < 4.78 is 0. The van der Waals surface area contributed by atoms with Crippen LogP contribution in [0.2, 0.25) is 0 Å². The first-order chi connectivity index (χ1) is 8.77. The molecule has 0 saturated heterocycles. The quantitative estimate of drug-likeness (QED) is 0.556. The summed E-state index contributed by atoms with van der Waals surface area (Å²) in [5.41, 5.74) is -1.64. The number of rotatable bonds is 1. The number of aliphatic hydroxyl groups is 2. The average Bonchev–Trinajstić information content (AvgIpc) is 2.32. The van der Waals surface area contributed by atoms with Crippen LogP contribution < -0.4 is 0 Å². The molecule has 0 aromatic heterocycles. The van der Waals surface area contributed by atoms with Crippen LogP contribution in [0.4, 0.5) is 0 Å². The number of hydrogen-bond donors (Lipinski definition) is 4.